The summed E-state index contributed by atoms with van der Waals surface area (Å²) in [7, 11) is 0. The van der Waals surface area contributed by atoms with Crippen LogP contribution in [0, 0.1) is 5.41 Å². The van der Waals surface area contributed by atoms with Crippen molar-refractivity contribution in [1.82, 2.24) is 10.6 Å². The highest BCUT2D eigenvalue weighted by Crippen LogP contribution is 2.24. The SMILES string of the molecule is CCC(=O)SC[C@H](NC(=O)[C@H](CCC(=O)O)NC(C)C)C(O)C(C)(C)C. The molecule has 3 atom stereocenters. The van der Waals surface area contributed by atoms with Gasteiger partial charge in [-0.2, -0.15) is 0 Å². The normalized spacial score (nSPS) is 15.4. The lowest BCUT2D eigenvalue weighted by atomic mass is 9.85. The number of aliphatic carboxylic acids is 1. The van der Waals surface area contributed by atoms with Crippen molar-refractivity contribution in [3.05, 3.63) is 0 Å². The molecule has 0 heterocycles. The van der Waals surface area contributed by atoms with Crippen LogP contribution in [0.25, 0.3) is 0 Å². The van der Waals surface area contributed by atoms with Gasteiger partial charge in [0.1, 0.15) is 0 Å². The predicted molar refractivity (Wildman–Crippen MR) is 104 cm³/mol. The summed E-state index contributed by atoms with van der Waals surface area (Å²) in [5.41, 5.74) is -0.476. The van der Waals surface area contributed by atoms with Crippen LogP contribution in [-0.2, 0) is 14.4 Å². The van der Waals surface area contributed by atoms with E-state index < -0.39 is 29.6 Å². The molecular weight excluding hydrogens is 356 g/mol. The van der Waals surface area contributed by atoms with E-state index in [1.54, 1.807) is 6.92 Å². The van der Waals surface area contributed by atoms with Crippen LogP contribution >= 0.6 is 11.8 Å². The van der Waals surface area contributed by atoms with Crippen LogP contribution in [0.2, 0.25) is 0 Å². The molecule has 0 aromatic rings. The highest BCUT2D eigenvalue weighted by molar-refractivity contribution is 8.13. The topological polar surface area (TPSA) is 116 Å². The zero-order valence-corrected chi connectivity index (χ0v) is 17.5. The van der Waals surface area contributed by atoms with Crippen LogP contribution in [0.4, 0.5) is 0 Å². The van der Waals surface area contributed by atoms with E-state index in [9.17, 15) is 19.5 Å². The van der Waals surface area contributed by atoms with Crippen molar-refractivity contribution in [3.8, 4) is 0 Å². The van der Waals surface area contributed by atoms with Crippen molar-refractivity contribution in [2.75, 3.05) is 5.75 Å². The molecule has 0 aliphatic heterocycles. The lowest BCUT2D eigenvalue weighted by Gasteiger charge is -2.34. The third-order valence-corrected chi connectivity index (χ3v) is 4.94. The van der Waals surface area contributed by atoms with Gasteiger partial charge in [0.25, 0.3) is 0 Å². The average molecular weight is 391 g/mol. The number of hydrogen-bond donors (Lipinski definition) is 4. The first-order valence-corrected chi connectivity index (χ1v) is 9.98. The number of rotatable bonds is 11. The second-order valence-corrected chi connectivity index (χ2v) is 8.85. The summed E-state index contributed by atoms with van der Waals surface area (Å²) in [6.07, 6.45) is -0.443. The van der Waals surface area contributed by atoms with E-state index >= 15 is 0 Å². The summed E-state index contributed by atoms with van der Waals surface area (Å²) in [5.74, 6) is -1.06. The zero-order chi connectivity index (χ0) is 20.5. The fraction of sp³-hybridized carbons (Fsp3) is 0.833. The van der Waals surface area contributed by atoms with Crippen LogP contribution in [0.1, 0.15) is 60.8 Å². The minimum atomic E-state index is -0.969. The number of nitrogens with one attached hydrogen (secondary N) is 2. The van der Waals surface area contributed by atoms with Crippen molar-refractivity contribution >= 4 is 28.8 Å². The van der Waals surface area contributed by atoms with Gasteiger partial charge in [-0.3, -0.25) is 14.4 Å². The number of aliphatic hydroxyl groups excluding tert-OH is 1. The summed E-state index contributed by atoms with van der Waals surface area (Å²) in [4.78, 5) is 35.1. The van der Waals surface area contributed by atoms with E-state index in [0.29, 0.717) is 6.42 Å². The van der Waals surface area contributed by atoms with Gasteiger partial charge >= 0.3 is 5.97 Å². The van der Waals surface area contributed by atoms with Crippen molar-refractivity contribution in [1.29, 1.82) is 0 Å². The van der Waals surface area contributed by atoms with Gasteiger partial charge in [-0.1, -0.05) is 53.3 Å². The quantitative estimate of drug-likeness (QED) is 0.425. The standard InChI is InChI=1S/C18H34N2O5S/c1-7-15(23)26-10-13(16(24)18(4,5)6)20-17(25)12(19-11(2)3)8-9-14(21)22/h11-13,16,19,24H,7-10H2,1-6H3,(H,20,25)(H,21,22)/t12-,13-,16?/m0/s1. The largest absolute Gasteiger partial charge is 0.481 e. The fourth-order valence-corrected chi connectivity index (χ4v) is 3.18. The van der Waals surface area contributed by atoms with Gasteiger partial charge < -0.3 is 20.8 Å². The number of carbonyl (C=O) groups excluding carboxylic acids is 2. The van der Waals surface area contributed by atoms with Gasteiger partial charge in [0.2, 0.25) is 5.91 Å². The number of thioether (sulfide) groups is 1. The number of aliphatic hydroxyl groups is 1. The Bertz CT molecular complexity index is 477. The molecule has 0 saturated heterocycles. The van der Waals surface area contributed by atoms with Crippen LogP contribution in [0.3, 0.4) is 0 Å². The van der Waals surface area contributed by atoms with E-state index in [-0.39, 0.29) is 35.7 Å². The van der Waals surface area contributed by atoms with Crippen molar-refractivity contribution in [3.63, 3.8) is 0 Å². The Hall–Kier alpha value is -1.12. The van der Waals surface area contributed by atoms with E-state index in [4.69, 9.17) is 5.11 Å². The monoisotopic (exact) mass is 390 g/mol. The molecular formula is C18H34N2O5S. The Morgan fingerprint density at radius 3 is 2.15 bits per heavy atom. The van der Waals surface area contributed by atoms with Gasteiger partial charge in [-0.05, 0) is 11.8 Å². The number of carboxylic acids is 1. The maximum absolute atomic E-state index is 12.7. The summed E-state index contributed by atoms with van der Waals surface area (Å²) in [6.45, 7) is 11.1. The highest BCUT2D eigenvalue weighted by Gasteiger charge is 2.33. The molecule has 0 radical (unpaired) electrons. The Morgan fingerprint density at radius 2 is 1.73 bits per heavy atom. The van der Waals surface area contributed by atoms with Gasteiger partial charge in [0.05, 0.1) is 18.2 Å². The molecule has 0 saturated carbocycles. The zero-order valence-electron chi connectivity index (χ0n) is 16.7. The van der Waals surface area contributed by atoms with E-state index in [1.807, 2.05) is 34.6 Å². The molecule has 0 aromatic heterocycles. The second-order valence-electron chi connectivity index (χ2n) is 7.77. The van der Waals surface area contributed by atoms with Crippen LogP contribution in [-0.4, -0.2) is 57.2 Å². The van der Waals surface area contributed by atoms with Crippen molar-refractivity contribution in [2.24, 2.45) is 5.41 Å². The van der Waals surface area contributed by atoms with Gasteiger partial charge in [-0.25, -0.2) is 0 Å². The lowest BCUT2D eigenvalue weighted by Crippen LogP contribution is -2.56. The van der Waals surface area contributed by atoms with Gasteiger partial charge in [0.15, 0.2) is 5.12 Å². The summed E-state index contributed by atoms with van der Waals surface area (Å²) < 4.78 is 0. The number of carbonyl (C=O) groups is 3. The third-order valence-electron chi connectivity index (χ3n) is 3.81. The molecule has 0 rings (SSSR count). The molecule has 0 spiro atoms. The Balaban J connectivity index is 5.17. The Kier molecular flexibility index (Phi) is 11.1. The average Bonchev–Trinajstić information content (AvgIpc) is 2.52. The fourth-order valence-electron chi connectivity index (χ4n) is 2.34. The first-order chi connectivity index (χ1) is 11.9. The molecule has 0 aliphatic rings. The molecule has 8 heteroatoms. The van der Waals surface area contributed by atoms with E-state index in [1.165, 1.54) is 0 Å². The summed E-state index contributed by atoms with van der Waals surface area (Å²) in [6, 6.07) is -1.28. The molecule has 152 valence electrons. The van der Waals surface area contributed by atoms with Gasteiger partial charge in [-0.15, -0.1) is 0 Å². The Labute approximate surface area is 160 Å². The minimum Gasteiger partial charge on any atom is -0.481 e. The smallest absolute Gasteiger partial charge is 0.303 e. The maximum Gasteiger partial charge on any atom is 0.303 e. The Morgan fingerprint density at radius 1 is 1.15 bits per heavy atom. The molecule has 0 fully saturated rings. The van der Waals surface area contributed by atoms with E-state index in [0.717, 1.165) is 11.8 Å². The summed E-state index contributed by atoms with van der Waals surface area (Å²) in [5, 5.41) is 25.4. The molecule has 0 aromatic carbocycles. The maximum atomic E-state index is 12.7. The minimum absolute atomic E-state index is 0.00146. The molecule has 0 aliphatic carbocycles. The number of carboxylic acid groups (broad SMARTS) is 1. The molecule has 1 amide bonds. The number of amides is 1. The first kappa shape index (κ1) is 24.9. The molecule has 0 bridgehead atoms. The summed E-state index contributed by atoms with van der Waals surface area (Å²) >= 11 is 1.09. The molecule has 4 N–H and O–H groups in total. The molecule has 1 unspecified atom stereocenters. The number of hydrogen-bond acceptors (Lipinski definition) is 6. The van der Waals surface area contributed by atoms with Crippen molar-refractivity contribution in [2.45, 2.75) is 85.0 Å². The second kappa shape index (κ2) is 11.6. The highest BCUT2D eigenvalue weighted by atomic mass is 32.2. The van der Waals surface area contributed by atoms with Crippen LogP contribution in [0.15, 0.2) is 0 Å². The third kappa shape index (κ3) is 10.1. The molecule has 26 heavy (non-hydrogen) atoms. The van der Waals surface area contributed by atoms with Crippen LogP contribution < -0.4 is 10.6 Å². The van der Waals surface area contributed by atoms with E-state index in [2.05, 4.69) is 10.6 Å². The van der Waals surface area contributed by atoms with Crippen LogP contribution in [0.5, 0.6) is 0 Å². The first-order valence-electron chi connectivity index (χ1n) is 9.00. The van der Waals surface area contributed by atoms with Gasteiger partial charge in [0, 0.05) is 24.6 Å². The van der Waals surface area contributed by atoms with Crippen molar-refractivity contribution < 1.29 is 24.6 Å². The predicted octanol–water partition coefficient (Wildman–Crippen LogP) is 1.78. The molecule has 7 nitrogen and oxygen atoms in total. The lowest BCUT2D eigenvalue weighted by molar-refractivity contribution is -0.137.